The predicted octanol–water partition coefficient (Wildman–Crippen LogP) is 0.705. The molecule has 3 nitrogen and oxygen atoms in total. The summed E-state index contributed by atoms with van der Waals surface area (Å²) in [5, 5.41) is 3.51. The third-order valence-corrected chi connectivity index (χ3v) is 3.57. The van der Waals surface area contributed by atoms with E-state index in [2.05, 4.69) is 17.1 Å². The van der Waals surface area contributed by atoms with Crippen LogP contribution in [0.5, 0.6) is 0 Å². The van der Waals surface area contributed by atoms with Crippen LogP contribution in [0.3, 0.4) is 0 Å². The van der Waals surface area contributed by atoms with Gasteiger partial charge in [0.2, 0.25) is 0 Å². The molecular weight excluding hydrogens is 176 g/mol. The van der Waals surface area contributed by atoms with Crippen LogP contribution in [0.4, 0.5) is 0 Å². The van der Waals surface area contributed by atoms with Crippen LogP contribution in [0.2, 0.25) is 0 Å². The maximum atomic E-state index is 5.40. The largest absolute Gasteiger partial charge is 0.380 e. The normalized spacial score (nSPS) is 40.3. The van der Waals surface area contributed by atoms with Crippen LogP contribution in [0.15, 0.2) is 0 Å². The minimum absolute atomic E-state index is 0.479. The van der Waals surface area contributed by atoms with Gasteiger partial charge in [0.25, 0.3) is 0 Å². The summed E-state index contributed by atoms with van der Waals surface area (Å²) < 4.78 is 5.40. The highest BCUT2D eigenvalue weighted by Gasteiger charge is 2.30. The summed E-state index contributed by atoms with van der Waals surface area (Å²) in [6.07, 6.45) is 3.04. The lowest BCUT2D eigenvalue weighted by atomic mass is 9.97. The fraction of sp³-hybridized carbons (Fsp3) is 1.00. The summed E-state index contributed by atoms with van der Waals surface area (Å²) in [6, 6.07) is 0.749. The molecule has 0 bridgehead atoms. The second kappa shape index (κ2) is 4.60. The maximum Gasteiger partial charge on any atom is 0.0710 e. The van der Waals surface area contributed by atoms with Crippen LogP contribution in [-0.2, 0) is 4.74 Å². The average Bonchev–Trinajstić information content (AvgIpc) is 2.66. The van der Waals surface area contributed by atoms with Crippen molar-refractivity contribution in [3.05, 3.63) is 0 Å². The SMILES string of the molecule is COC1CCN(C2CNCC(C)C2)C1. The van der Waals surface area contributed by atoms with E-state index < -0.39 is 0 Å². The van der Waals surface area contributed by atoms with Gasteiger partial charge in [0.05, 0.1) is 6.10 Å². The molecule has 14 heavy (non-hydrogen) atoms. The molecule has 2 heterocycles. The number of hydrogen-bond acceptors (Lipinski definition) is 3. The van der Waals surface area contributed by atoms with E-state index in [0.717, 1.165) is 18.5 Å². The van der Waals surface area contributed by atoms with Crippen molar-refractivity contribution in [2.75, 3.05) is 33.3 Å². The first-order valence-corrected chi connectivity index (χ1v) is 5.77. The summed E-state index contributed by atoms with van der Waals surface area (Å²) in [5.41, 5.74) is 0. The Kier molecular flexibility index (Phi) is 3.42. The molecule has 2 fully saturated rings. The molecule has 1 N–H and O–H groups in total. The van der Waals surface area contributed by atoms with Crippen molar-refractivity contribution in [2.45, 2.75) is 31.9 Å². The maximum absolute atomic E-state index is 5.40. The van der Waals surface area contributed by atoms with Crippen molar-refractivity contribution in [3.63, 3.8) is 0 Å². The molecule has 0 amide bonds. The van der Waals surface area contributed by atoms with Crippen molar-refractivity contribution in [3.8, 4) is 0 Å². The standard InChI is InChI=1S/C11H22N2O/c1-9-5-10(7-12-6-9)13-4-3-11(8-13)14-2/h9-12H,3-8H2,1-2H3. The lowest BCUT2D eigenvalue weighted by molar-refractivity contribution is 0.0937. The number of methoxy groups -OCH3 is 1. The zero-order chi connectivity index (χ0) is 9.97. The van der Waals surface area contributed by atoms with E-state index >= 15 is 0 Å². The molecule has 3 atom stereocenters. The highest BCUT2D eigenvalue weighted by atomic mass is 16.5. The second-order valence-corrected chi connectivity index (χ2v) is 4.79. The summed E-state index contributed by atoms with van der Waals surface area (Å²) in [7, 11) is 1.83. The Bertz CT molecular complexity index is 186. The van der Waals surface area contributed by atoms with Gasteiger partial charge in [-0.25, -0.2) is 0 Å². The van der Waals surface area contributed by atoms with Crippen LogP contribution in [0, 0.1) is 5.92 Å². The van der Waals surface area contributed by atoms with E-state index in [1.165, 1.54) is 32.5 Å². The van der Waals surface area contributed by atoms with Crippen molar-refractivity contribution >= 4 is 0 Å². The summed E-state index contributed by atoms with van der Waals surface area (Å²) in [6.45, 7) is 7.05. The summed E-state index contributed by atoms with van der Waals surface area (Å²) in [4.78, 5) is 2.59. The molecule has 0 aliphatic carbocycles. The molecule has 2 rings (SSSR count). The van der Waals surface area contributed by atoms with Crippen LogP contribution in [0.1, 0.15) is 19.8 Å². The molecule has 0 spiro atoms. The smallest absolute Gasteiger partial charge is 0.0710 e. The molecule has 3 unspecified atom stereocenters. The summed E-state index contributed by atoms with van der Waals surface area (Å²) >= 11 is 0. The van der Waals surface area contributed by atoms with Crippen LogP contribution in [0.25, 0.3) is 0 Å². The molecule has 0 saturated carbocycles. The Morgan fingerprint density at radius 2 is 2.21 bits per heavy atom. The number of ether oxygens (including phenoxy) is 1. The first kappa shape index (κ1) is 10.4. The van der Waals surface area contributed by atoms with E-state index in [1.807, 2.05) is 7.11 Å². The number of rotatable bonds is 2. The third kappa shape index (κ3) is 2.27. The van der Waals surface area contributed by atoms with Crippen LogP contribution < -0.4 is 5.32 Å². The first-order valence-electron chi connectivity index (χ1n) is 5.77. The van der Waals surface area contributed by atoms with Gasteiger partial charge in [0.1, 0.15) is 0 Å². The van der Waals surface area contributed by atoms with Crippen molar-refractivity contribution in [1.29, 1.82) is 0 Å². The number of hydrogen-bond donors (Lipinski definition) is 1. The number of piperidine rings is 1. The Balaban J connectivity index is 1.83. The minimum atomic E-state index is 0.479. The fourth-order valence-electron chi connectivity index (χ4n) is 2.68. The Morgan fingerprint density at radius 3 is 2.86 bits per heavy atom. The molecule has 0 aromatic heterocycles. The van der Waals surface area contributed by atoms with Gasteiger partial charge in [-0.05, 0) is 25.3 Å². The van der Waals surface area contributed by atoms with Crippen LogP contribution in [-0.4, -0.2) is 50.3 Å². The average molecular weight is 198 g/mol. The summed E-state index contributed by atoms with van der Waals surface area (Å²) in [5.74, 6) is 0.829. The second-order valence-electron chi connectivity index (χ2n) is 4.79. The Labute approximate surface area is 86.8 Å². The van der Waals surface area contributed by atoms with E-state index in [1.54, 1.807) is 0 Å². The van der Waals surface area contributed by atoms with Gasteiger partial charge in [-0.1, -0.05) is 6.92 Å². The quantitative estimate of drug-likeness (QED) is 0.707. The molecule has 0 aromatic carbocycles. The Hall–Kier alpha value is -0.120. The van der Waals surface area contributed by atoms with Gasteiger partial charge < -0.3 is 10.1 Å². The van der Waals surface area contributed by atoms with Gasteiger partial charge in [0, 0.05) is 32.8 Å². The number of nitrogens with zero attached hydrogens (tertiary/aromatic N) is 1. The highest BCUT2D eigenvalue weighted by Crippen LogP contribution is 2.21. The minimum Gasteiger partial charge on any atom is -0.380 e. The Morgan fingerprint density at radius 1 is 1.36 bits per heavy atom. The lowest BCUT2D eigenvalue weighted by Crippen LogP contribution is -2.48. The molecular formula is C11H22N2O. The zero-order valence-corrected chi connectivity index (χ0v) is 9.33. The molecule has 0 radical (unpaired) electrons. The molecule has 82 valence electrons. The van der Waals surface area contributed by atoms with E-state index in [9.17, 15) is 0 Å². The van der Waals surface area contributed by atoms with E-state index in [-0.39, 0.29) is 0 Å². The monoisotopic (exact) mass is 198 g/mol. The lowest BCUT2D eigenvalue weighted by Gasteiger charge is -2.34. The zero-order valence-electron chi connectivity index (χ0n) is 9.33. The highest BCUT2D eigenvalue weighted by molar-refractivity contribution is 4.86. The fourth-order valence-corrected chi connectivity index (χ4v) is 2.68. The van der Waals surface area contributed by atoms with Gasteiger partial charge in [0.15, 0.2) is 0 Å². The van der Waals surface area contributed by atoms with Gasteiger partial charge in [-0.2, -0.15) is 0 Å². The third-order valence-electron chi connectivity index (χ3n) is 3.57. The van der Waals surface area contributed by atoms with E-state index in [4.69, 9.17) is 4.74 Å². The van der Waals surface area contributed by atoms with Crippen molar-refractivity contribution in [2.24, 2.45) is 5.92 Å². The molecule has 3 heteroatoms. The van der Waals surface area contributed by atoms with E-state index in [0.29, 0.717) is 6.10 Å². The molecule has 2 aliphatic rings. The van der Waals surface area contributed by atoms with Gasteiger partial charge in [-0.15, -0.1) is 0 Å². The van der Waals surface area contributed by atoms with Crippen molar-refractivity contribution in [1.82, 2.24) is 10.2 Å². The number of nitrogens with one attached hydrogen (secondary N) is 1. The first-order chi connectivity index (χ1) is 6.79. The number of likely N-dealkylation sites (tertiary alicyclic amines) is 1. The molecule has 2 saturated heterocycles. The topological polar surface area (TPSA) is 24.5 Å². The molecule has 2 aliphatic heterocycles. The van der Waals surface area contributed by atoms with Gasteiger partial charge in [-0.3, -0.25) is 4.90 Å². The molecule has 0 aromatic rings. The van der Waals surface area contributed by atoms with Gasteiger partial charge >= 0.3 is 0 Å². The predicted molar refractivity (Wildman–Crippen MR) is 57.4 cm³/mol. The van der Waals surface area contributed by atoms with Crippen LogP contribution >= 0.6 is 0 Å². The van der Waals surface area contributed by atoms with Crippen molar-refractivity contribution < 1.29 is 4.74 Å².